The normalized spacial score (nSPS) is 16.1. The average Bonchev–Trinajstić information content (AvgIpc) is 0.793. The number of ketones is 1. The Morgan fingerprint density at radius 3 is 1.77 bits per heavy atom. The molecule has 4 fully saturated rings. The van der Waals surface area contributed by atoms with E-state index in [0.29, 0.717) is 147 Å². The number of esters is 1. The number of carbonyl (C=O) groups is 7. The lowest BCUT2D eigenvalue weighted by molar-refractivity contribution is -0.150. The molecule has 0 saturated carbocycles. The van der Waals surface area contributed by atoms with Gasteiger partial charge in [-0.1, -0.05) is 145 Å². The molecule has 25 nitrogen and oxygen atoms in total. The molecule has 1 aromatic heterocycles. The number of hydrogen-bond donors (Lipinski definition) is 9. The highest BCUT2D eigenvalue weighted by molar-refractivity contribution is 6.33. The number of methoxy groups -OCH3 is 1. The molecule has 9 aromatic rings. The zero-order valence-electron chi connectivity index (χ0n) is 68.1. The molecule has 14 rings (SSSR count). The summed E-state index contributed by atoms with van der Waals surface area (Å²) in [5, 5.41) is 54.9. The second-order valence-corrected chi connectivity index (χ2v) is 32.0. The number of para-hydroxylation sites is 1. The van der Waals surface area contributed by atoms with E-state index in [0.717, 1.165) is 104 Å². The number of piperidine rings is 4. The van der Waals surface area contributed by atoms with E-state index in [4.69, 9.17) is 30.5 Å². The van der Waals surface area contributed by atoms with Crippen LogP contribution in [0.1, 0.15) is 139 Å². The summed E-state index contributed by atoms with van der Waals surface area (Å²) in [6.07, 6.45) is 8.51. The minimum atomic E-state index is -0.958. The number of fused-ring (bicyclic) bond motifs is 2. The first kappa shape index (κ1) is 87.1. The summed E-state index contributed by atoms with van der Waals surface area (Å²) in [6, 6.07) is 55.6. The van der Waals surface area contributed by atoms with Crippen LogP contribution < -0.4 is 31.6 Å². The first-order chi connectivity index (χ1) is 58.7. The van der Waals surface area contributed by atoms with Crippen molar-refractivity contribution in [3.05, 3.63) is 248 Å². The molecule has 2 atom stereocenters. The fraction of sp³-hybridized carbons (Fsp3) is 0.368. The molecule has 8 aromatic carbocycles. The number of allylic oxidation sites excluding steroid dienone is 1. The second-order valence-electron chi connectivity index (χ2n) is 31.6. The molecule has 0 spiro atoms. The van der Waals surface area contributed by atoms with Crippen molar-refractivity contribution in [2.75, 3.05) is 96.3 Å². The zero-order valence-corrected chi connectivity index (χ0v) is 68.8. The number of H-pyrrole nitrogens is 1. The van der Waals surface area contributed by atoms with Crippen LogP contribution in [0.25, 0.3) is 39.2 Å². The number of rotatable bonds is 29. The van der Waals surface area contributed by atoms with E-state index in [1.54, 1.807) is 42.5 Å². The highest BCUT2D eigenvalue weighted by atomic mass is 35.5. The number of aromatic amines is 1. The Morgan fingerprint density at radius 1 is 0.562 bits per heavy atom. The molecular formula is C95H106ClN9O16. The minimum absolute atomic E-state index is 0.0529. The number of nitrogens with zero attached hydrogens (tertiary/aromatic N) is 4. The van der Waals surface area contributed by atoms with Crippen molar-refractivity contribution in [1.82, 2.24) is 35.2 Å². The standard InChI is InChI=1S/C49H55N3O7.C46H51ClN6O9/c53-39-17-18-42-43(19-20-46(55)44(42)32-39)45(54)12-6-7-34-13-15-37(16-14-34)49(58)50-33-35-21-29-52(30-22-35)47(56)25-28-51-26-23-40(24-27-51)59-48(57)31-38-10-4-5-11-41(38)36-8-2-1-3-9-36;1-60-41-26-38(36(47)25-30(41)27-48-28-40(55)34-11-13-39(54)44-35(34)12-14-42(56)51-44)50-46(59)62-32-17-23-53(24-18-32)43(57)19-22-52-20-15-31(16-21-52)61-45(58)49-37-10-6-5-9-33(37)29-7-3-2-4-8-29/h1-5,8-11,13-20,35,40,45,54-55H,6-7,12,21-33H2,(H,50,58);2-14,25-26,31-32,40,48,54-55H,15-24,27-28H2,1H3,(H,49,58)(H,50,59)(H,51,56)/t45-;40-/m00/s1. The van der Waals surface area contributed by atoms with Gasteiger partial charge in [-0.25, -0.2) is 9.59 Å². The average molecular weight is 1670 g/mol. The van der Waals surface area contributed by atoms with Gasteiger partial charge in [-0.3, -0.25) is 39.4 Å². The number of phenols is 2. The third-order valence-electron chi connectivity index (χ3n) is 23.4. The van der Waals surface area contributed by atoms with Gasteiger partial charge in [-0.2, -0.15) is 0 Å². The zero-order chi connectivity index (χ0) is 84.7. The van der Waals surface area contributed by atoms with Gasteiger partial charge < -0.3 is 74.6 Å². The molecule has 5 aliphatic rings. The van der Waals surface area contributed by atoms with Gasteiger partial charge in [0.1, 0.15) is 35.6 Å². The fourth-order valence-electron chi connectivity index (χ4n) is 16.5. The molecule has 1 aliphatic carbocycles. The van der Waals surface area contributed by atoms with Crippen molar-refractivity contribution in [2.24, 2.45) is 5.92 Å². The topological polar surface area (TPSA) is 331 Å². The van der Waals surface area contributed by atoms with Crippen LogP contribution in [0.3, 0.4) is 0 Å². The van der Waals surface area contributed by atoms with Gasteiger partial charge in [-0.15, -0.1) is 0 Å². The number of carbonyl (C=O) groups excluding carboxylic acids is 7. The number of anilines is 2. The highest BCUT2D eigenvalue weighted by Crippen LogP contribution is 2.37. The van der Waals surface area contributed by atoms with Crippen molar-refractivity contribution in [3.63, 3.8) is 0 Å². The Morgan fingerprint density at radius 2 is 1.12 bits per heavy atom. The van der Waals surface area contributed by atoms with Gasteiger partial charge in [0.25, 0.3) is 5.91 Å². The molecule has 4 aliphatic heterocycles. The van der Waals surface area contributed by atoms with E-state index in [2.05, 4.69) is 48.2 Å². The number of pyridine rings is 1. The van der Waals surface area contributed by atoms with E-state index < -0.39 is 24.4 Å². The van der Waals surface area contributed by atoms with Crippen molar-refractivity contribution in [3.8, 4) is 39.5 Å². The number of aliphatic hydroxyl groups excluding tert-OH is 2. The largest absolute Gasteiger partial charge is 0.508 e. The molecule has 0 unspecified atom stereocenters. The maximum atomic E-state index is 13.1. The summed E-state index contributed by atoms with van der Waals surface area (Å²) in [7, 11) is 1.50. The van der Waals surface area contributed by atoms with Crippen LogP contribution >= 0.6 is 11.6 Å². The Labute approximate surface area is 709 Å². The van der Waals surface area contributed by atoms with Crippen molar-refractivity contribution in [2.45, 2.75) is 133 Å². The predicted octanol–water partition coefficient (Wildman–Crippen LogP) is 13.9. The molecule has 0 radical (unpaired) electrons. The highest BCUT2D eigenvalue weighted by Gasteiger charge is 2.31. The van der Waals surface area contributed by atoms with Gasteiger partial charge in [0.05, 0.1) is 47.7 Å². The number of aliphatic hydroxyl groups is 2. The summed E-state index contributed by atoms with van der Waals surface area (Å²) >= 11 is 6.57. The lowest BCUT2D eigenvalue weighted by Gasteiger charge is -2.34. The third kappa shape index (κ3) is 24.1. The van der Waals surface area contributed by atoms with Gasteiger partial charge in [0.15, 0.2) is 5.78 Å². The van der Waals surface area contributed by atoms with Crippen molar-refractivity contribution < 1.29 is 72.9 Å². The maximum absolute atomic E-state index is 13.1. The Hall–Kier alpha value is -11.7. The molecule has 4 saturated heterocycles. The monoisotopic (exact) mass is 1660 g/mol. The van der Waals surface area contributed by atoms with Crippen LogP contribution in [0, 0.1) is 5.92 Å². The van der Waals surface area contributed by atoms with Gasteiger partial charge >= 0.3 is 18.2 Å². The van der Waals surface area contributed by atoms with Crippen LogP contribution in [-0.4, -0.2) is 191 Å². The van der Waals surface area contributed by atoms with E-state index in [-0.39, 0.29) is 101 Å². The molecule has 0 bridgehead atoms. The number of nitrogens with one attached hydrogen (secondary N) is 5. The van der Waals surface area contributed by atoms with Crippen LogP contribution in [0.5, 0.6) is 17.2 Å². The molecular weight excluding hydrogens is 1560 g/mol. The Bertz CT molecular complexity index is 5170. The number of amides is 5. The number of aromatic nitrogens is 1. The number of hydrogen-bond acceptors (Lipinski definition) is 19. The first-order valence-electron chi connectivity index (χ1n) is 41.9. The molecule has 26 heteroatoms. The lowest BCUT2D eigenvalue weighted by atomic mass is 9.88. The molecule has 5 heterocycles. The number of ether oxygens (including phenoxy) is 4. The van der Waals surface area contributed by atoms with E-state index in [1.165, 1.54) is 25.3 Å². The van der Waals surface area contributed by atoms with Crippen LogP contribution in [0.4, 0.5) is 21.0 Å². The summed E-state index contributed by atoms with van der Waals surface area (Å²) in [5.41, 5.74) is 10.8. The quantitative estimate of drug-likeness (QED) is 0.0155. The first-order valence-corrected chi connectivity index (χ1v) is 42.3. The molecule has 634 valence electrons. The van der Waals surface area contributed by atoms with E-state index in [1.807, 2.05) is 131 Å². The van der Waals surface area contributed by atoms with Gasteiger partial charge in [0.2, 0.25) is 17.4 Å². The van der Waals surface area contributed by atoms with Crippen LogP contribution in [0.15, 0.2) is 193 Å². The number of likely N-dealkylation sites (tertiary alicyclic amines) is 4. The molecule has 5 amide bonds. The fourth-order valence-corrected chi connectivity index (χ4v) is 16.8. The van der Waals surface area contributed by atoms with Gasteiger partial charge in [-0.05, 0) is 157 Å². The minimum Gasteiger partial charge on any atom is -0.508 e. The summed E-state index contributed by atoms with van der Waals surface area (Å²) < 4.78 is 22.9. The molecule has 121 heavy (non-hydrogen) atoms. The SMILES string of the molecule is COc1cc(NC(=O)OC2CCN(C(=O)CCN3CCC(OC(=O)Nc4ccccc4-c4ccccc4)CC3)CC2)c(Cl)cc1CNC[C@H](O)c1ccc(O)c2[nH]c(=O)ccc12.O=C1C=Cc2c([C@@H](O)CCCc3ccc(C(=O)NCC4CCN(C(=O)CCN5CCC(OC(=O)Cc6ccccc6-c6ccccc6)CC5)CC4)cc3)ccc(O)c2C1. The molecule has 9 N–H and O–H groups in total. The lowest BCUT2D eigenvalue weighted by Crippen LogP contribution is -2.44. The van der Waals surface area contributed by atoms with E-state index >= 15 is 0 Å². The number of aryl methyl sites for hydroxylation is 1. The smallest absolute Gasteiger partial charge is 0.411 e. The number of benzene rings is 8. The summed E-state index contributed by atoms with van der Waals surface area (Å²) in [6.45, 7) is 7.68. The number of aromatic hydroxyl groups is 2. The van der Waals surface area contributed by atoms with Crippen LogP contribution in [-0.2, 0) is 59.2 Å². The van der Waals surface area contributed by atoms with Crippen molar-refractivity contribution >= 4 is 81.6 Å². The predicted molar refractivity (Wildman–Crippen MR) is 464 cm³/mol. The Balaban J connectivity index is 0.000000209. The van der Waals surface area contributed by atoms with E-state index in [9.17, 15) is 58.8 Å². The summed E-state index contributed by atoms with van der Waals surface area (Å²) in [5.74, 6) is 0.594. The Kier molecular flexibility index (Phi) is 30.6. The number of phenolic OH excluding ortho intramolecular Hbond substituents is 2. The van der Waals surface area contributed by atoms with Gasteiger partial charge in [0, 0.05) is 157 Å². The van der Waals surface area contributed by atoms with Crippen LogP contribution in [0.2, 0.25) is 5.02 Å². The summed E-state index contributed by atoms with van der Waals surface area (Å²) in [4.78, 5) is 112. The number of halogens is 1. The third-order valence-corrected chi connectivity index (χ3v) is 23.7. The maximum Gasteiger partial charge on any atom is 0.411 e. The second kappa shape index (κ2) is 42.5. The van der Waals surface area contributed by atoms with Crippen molar-refractivity contribution in [1.29, 1.82) is 0 Å².